The van der Waals surface area contributed by atoms with Crippen LogP contribution in [0.15, 0.2) is 36.5 Å². The zero-order valence-corrected chi connectivity index (χ0v) is 12.9. The Balaban J connectivity index is 1.88. The number of alkyl halides is 2. The quantitative estimate of drug-likeness (QED) is 0.822. The van der Waals surface area contributed by atoms with Crippen LogP contribution >= 0.6 is 11.6 Å². The molecule has 0 atom stereocenters. The number of carbonyl (C=O) groups excluding carboxylic acids is 1. The summed E-state index contributed by atoms with van der Waals surface area (Å²) < 4.78 is 29.9. The smallest absolute Gasteiger partial charge is 0.387 e. The third-order valence-corrected chi connectivity index (χ3v) is 3.29. The Hall–Kier alpha value is -2.41. The van der Waals surface area contributed by atoms with Gasteiger partial charge in [0.2, 0.25) is 5.91 Å². The summed E-state index contributed by atoms with van der Waals surface area (Å²) in [5.41, 5.74) is 1.38. The molecule has 0 radical (unpaired) electrons. The first kappa shape index (κ1) is 17.0. The second-order valence-electron chi connectivity index (χ2n) is 4.56. The summed E-state index contributed by atoms with van der Waals surface area (Å²) in [6, 6.07) is 5.94. The van der Waals surface area contributed by atoms with Gasteiger partial charge in [0.15, 0.2) is 0 Å². The number of aryl methyl sites for hydroxylation is 1. The van der Waals surface area contributed by atoms with Gasteiger partial charge in [-0.2, -0.15) is 13.9 Å². The Labute approximate surface area is 136 Å². The minimum Gasteiger partial charge on any atom is -0.435 e. The average Bonchev–Trinajstić information content (AvgIpc) is 2.83. The third kappa shape index (κ3) is 5.07. The highest BCUT2D eigenvalue weighted by atomic mass is 35.5. The lowest BCUT2D eigenvalue weighted by Crippen LogP contribution is -2.22. The summed E-state index contributed by atoms with van der Waals surface area (Å²) >= 11 is 5.93. The number of amides is 1. The number of nitrogens with one attached hydrogen (secondary N) is 1. The van der Waals surface area contributed by atoms with Crippen molar-refractivity contribution in [2.24, 2.45) is 7.05 Å². The number of aromatic nitrogens is 2. The maximum Gasteiger partial charge on any atom is 0.387 e. The number of hydrogen-bond acceptors (Lipinski definition) is 3. The number of rotatable bonds is 6. The van der Waals surface area contributed by atoms with E-state index in [9.17, 15) is 13.6 Å². The number of ether oxygens (including phenoxy) is 1. The van der Waals surface area contributed by atoms with Gasteiger partial charge in [-0.1, -0.05) is 23.7 Å². The molecule has 1 aromatic carbocycles. The van der Waals surface area contributed by atoms with Gasteiger partial charge in [-0.25, -0.2) is 0 Å². The Morgan fingerprint density at radius 1 is 1.43 bits per heavy atom. The summed E-state index contributed by atoms with van der Waals surface area (Å²) in [7, 11) is 1.73. The first-order valence-corrected chi connectivity index (χ1v) is 7.00. The van der Waals surface area contributed by atoms with E-state index >= 15 is 0 Å². The normalized spacial score (nSPS) is 11.2. The van der Waals surface area contributed by atoms with E-state index in [4.69, 9.17) is 11.6 Å². The highest BCUT2D eigenvalue weighted by Gasteiger charge is 2.07. The largest absolute Gasteiger partial charge is 0.435 e. The second kappa shape index (κ2) is 7.73. The topological polar surface area (TPSA) is 56.2 Å². The molecule has 0 aliphatic carbocycles. The van der Waals surface area contributed by atoms with E-state index < -0.39 is 6.61 Å². The minimum atomic E-state index is -2.86. The van der Waals surface area contributed by atoms with Crippen LogP contribution in [-0.4, -0.2) is 22.3 Å². The summed E-state index contributed by atoms with van der Waals surface area (Å²) in [6.45, 7) is -2.61. The predicted molar refractivity (Wildman–Crippen MR) is 82.2 cm³/mol. The van der Waals surface area contributed by atoms with Crippen molar-refractivity contribution in [1.82, 2.24) is 15.1 Å². The molecule has 0 fully saturated rings. The van der Waals surface area contributed by atoms with Crippen LogP contribution in [0.25, 0.3) is 6.08 Å². The molecule has 8 heteroatoms. The van der Waals surface area contributed by atoms with E-state index in [1.54, 1.807) is 29.9 Å². The van der Waals surface area contributed by atoms with Crippen molar-refractivity contribution in [3.63, 3.8) is 0 Å². The van der Waals surface area contributed by atoms with Gasteiger partial charge in [-0.3, -0.25) is 9.48 Å². The van der Waals surface area contributed by atoms with E-state index in [2.05, 4.69) is 15.2 Å². The van der Waals surface area contributed by atoms with Gasteiger partial charge in [0.25, 0.3) is 0 Å². The van der Waals surface area contributed by atoms with Crippen LogP contribution in [0.4, 0.5) is 8.78 Å². The number of benzene rings is 1. The molecule has 23 heavy (non-hydrogen) atoms. The van der Waals surface area contributed by atoms with Gasteiger partial charge in [-0.15, -0.1) is 0 Å². The maximum atomic E-state index is 12.0. The Kier molecular flexibility index (Phi) is 5.70. The molecular formula is C15H14ClF2N3O2. The fourth-order valence-corrected chi connectivity index (χ4v) is 2.03. The Morgan fingerprint density at radius 2 is 2.13 bits per heavy atom. The fraction of sp³-hybridized carbons (Fsp3) is 0.200. The number of hydrogen-bond donors (Lipinski definition) is 1. The van der Waals surface area contributed by atoms with Crippen LogP contribution in [0.1, 0.15) is 11.3 Å². The van der Waals surface area contributed by atoms with Crippen LogP contribution < -0.4 is 10.1 Å². The van der Waals surface area contributed by atoms with E-state index in [1.807, 2.05) is 0 Å². The lowest BCUT2D eigenvalue weighted by Gasteiger charge is -2.04. The summed E-state index contributed by atoms with van der Waals surface area (Å²) in [6.07, 6.45) is 4.40. The van der Waals surface area contributed by atoms with Crippen LogP contribution in [-0.2, 0) is 18.4 Å². The van der Waals surface area contributed by atoms with Gasteiger partial charge in [0, 0.05) is 13.1 Å². The number of nitrogens with zero attached hydrogens (tertiary/aromatic N) is 2. The summed E-state index contributed by atoms with van der Waals surface area (Å²) in [5.74, 6) is -0.248. The van der Waals surface area contributed by atoms with Crippen molar-refractivity contribution >= 4 is 23.6 Å². The fourth-order valence-electron chi connectivity index (χ4n) is 1.80. The summed E-state index contributed by atoms with van der Waals surface area (Å²) in [4.78, 5) is 11.8. The lowest BCUT2D eigenvalue weighted by molar-refractivity contribution is -0.116. The first-order valence-electron chi connectivity index (χ1n) is 6.63. The molecular weight excluding hydrogens is 328 g/mol. The molecule has 2 aromatic rings. The van der Waals surface area contributed by atoms with Gasteiger partial charge in [0.05, 0.1) is 23.5 Å². The minimum absolute atomic E-state index is 0.0625. The van der Waals surface area contributed by atoms with Gasteiger partial charge in [0.1, 0.15) is 5.75 Å². The molecule has 5 nitrogen and oxygen atoms in total. The Morgan fingerprint density at radius 3 is 2.70 bits per heavy atom. The van der Waals surface area contributed by atoms with Crippen molar-refractivity contribution < 1.29 is 18.3 Å². The van der Waals surface area contributed by atoms with Gasteiger partial charge >= 0.3 is 6.61 Å². The molecule has 122 valence electrons. The Bertz CT molecular complexity index is 680. The van der Waals surface area contributed by atoms with Crippen molar-refractivity contribution in [3.8, 4) is 5.75 Å². The van der Waals surface area contributed by atoms with Gasteiger partial charge in [-0.05, 0) is 23.8 Å². The standard InChI is InChI=1S/C15H14ClF2N3O2/c1-21-13(12(16)8-20-21)9-19-14(22)7-4-10-2-5-11(6-3-10)23-15(17)18/h2-8,15H,9H2,1H3,(H,19,22)/b7-4-. The van der Waals surface area contributed by atoms with Crippen LogP contribution in [0.2, 0.25) is 5.02 Å². The molecule has 1 N–H and O–H groups in total. The van der Waals surface area contributed by atoms with E-state index in [0.29, 0.717) is 16.3 Å². The molecule has 0 saturated heterocycles. The highest BCUT2D eigenvalue weighted by Crippen LogP contribution is 2.16. The SMILES string of the molecule is Cn1ncc(Cl)c1CNC(=O)/C=C\c1ccc(OC(F)F)cc1. The third-order valence-electron chi connectivity index (χ3n) is 2.97. The van der Waals surface area contributed by atoms with Crippen LogP contribution in [0.5, 0.6) is 5.75 Å². The van der Waals surface area contributed by atoms with E-state index in [0.717, 1.165) is 0 Å². The molecule has 2 rings (SSSR count). The van der Waals surface area contributed by atoms with Crippen LogP contribution in [0, 0.1) is 0 Å². The molecule has 1 aromatic heterocycles. The molecule has 0 saturated carbocycles. The monoisotopic (exact) mass is 341 g/mol. The molecule has 0 aliphatic rings. The maximum absolute atomic E-state index is 12.0. The van der Waals surface area contributed by atoms with Crippen LogP contribution in [0.3, 0.4) is 0 Å². The first-order chi connectivity index (χ1) is 11.0. The predicted octanol–water partition coefficient (Wildman–Crippen LogP) is 3.00. The lowest BCUT2D eigenvalue weighted by atomic mass is 10.2. The van der Waals surface area contributed by atoms with Gasteiger partial charge < -0.3 is 10.1 Å². The molecule has 0 aliphatic heterocycles. The van der Waals surface area contributed by atoms with Crippen molar-refractivity contribution in [1.29, 1.82) is 0 Å². The second-order valence-corrected chi connectivity index (χ2v) is 4.97. The molecule has 0 bridgehead atoms. The molecule has 0 unspecified atom stereocenters. The number of halogens is 3. The molecule has 1 amide bonds. The highest BCUT2D eigenvalue weighted by molar-refractivity contribution is 6.31. The zero-order chi connectivity index (χ0) is 16.8. The average molecular weight is 342 g/mol. The zero-order valence-electron chi connectivity index (χ0n) is 12.2. The van der Waals surface area contributed by atoms with E-state index in [-0.39, 0.29) is 18.2 Å². The molecule has 0 spiro atoms. The van der Waals surface area contributed by atoms with Crippen molar-refractivity contribution in [2.45, 2.75) is 13.2 Å². The number of carbonyl (C=O) groups is 1. The molecule has 1 heterocycles. The van der Waals surface area contributed by atoms with E-state index in [1.165, 1.54) is 24.4 Å². The van der Waals surface area contributed by atoms with Crippen molar-refractivity contribution in [3.05, 3.63) is 52.8 Å². The summed E-state index contributed by atoms with van der Waals surface area (Å²) in [5, 5.41) is 7.12. The van der Waals surface area contributed by atoms with Crippen molar-refractivity contribution in [2.75, 3.05) is 0 Å².